The number of benzene rings is 2. The molecule has 1 aromatic heterocycles. The van der Waals surface area contributed by atoms with Gasteiger partial charge in [0.15, 0.2) is 23.1 Å². The lowest BCUT2D eigenvalue weighted by Gasteiger charge is -2.11. The molecule has 27 heavy (non-hydrogen) atoms. The molecule has 0 aliphatic carbocycles. The summed E-state index contributed by atoms with van der Waals surface area (Å²) in [4.78, 5) is 19.7. The number of hydrogen-bond acceptors (Lipinski definition) is 5. The van der Waals surface area contributed by atoms with E-state index in [1.54, 1.807) is 18.2 Å². The molecule has 0 N–H and O–H groups in total. The van der Waals surface area contributed by atoms with Crippen LogP contribution in [0.1, 0.15) is 5.56 Å². The van der Waals surface area contributed by atoms with Gasteiger partial charge in [0.05, 0.1) is 26.1 Å². The Hall–Kier alpha value is -3.55. The standard InChI is InChI=1S/C19H15F2N3O3/c1-26-16-8-7-13(9-17(16)27-2)24-11-15(21)18(23-19(24)25)22-10-12-5-3-4-6-14(12)20/h3-11H,1-2H3. The van der Waals surface area contributed by atoms with Crippen molar-refractivity contribution in [3.05, 3.63) is 76.3 Å². The topological polar surface area (TPSA) is 65.7 Å². The van der Waals surface area contributed by atoms with Gasteiger partial charge in [0, 0.05) is 17.8 Å². The number of rotatable bonds is 5. The summed E-state index contributed by atoms with van der Waals surface area (Å²) in [7, 11) is 2.93. The Balaban J connectivity index is 1.98. The van der Waals surface area contributed by atoms with E-state index in [1.165, 1.54) is 38.5 Å². The van der Waals surface area contributed by atoms with E-state index in [9.17, 15) is 13.6 Å². The molecule has 0 unspecified atom stereocenters. The van der Waals surface area contributed by atoms with E-state index in [4.69, 9.17) is 9.47 Å². The van der Waals surface area contributed by atoms with E-state index in [-0.39, 0.29) is 5.56 Å². The number of ether oxygens (including phenoxy) is 2. The highest BCUT2D eigenvalue weighted by Gasteiger charge is 2.12. The number of nitrogens with zero attached hydrogens (tertiary/aromatic N) is 3. The summed E-state index contributed by atoms with van der Waals surface area (Å²) < 4.78 is 39.3. The van der Waals surface area contributed by atoms with Crippen LogP contribution in [-0.4, -0.2) is 30.0 Å². The quantitative estimate of drug-likeness (QED) is 0.646. The fraction of sp³-hybridized carbons (Fsp3) is 0.105. The summed E-state index contributed by atoms with van der Waals surface area (Å²) in [5, 5.41) is 0. The van der Waals surface area contributed by atoms with Gasteiger partial charge in [-0.05, 0) is 18.2 Å². The maximum atomic E-state index is 14.4. The van der Waals surface area contributed by atoms with Gasteiger partial charge in [-0.2, -0.15) is 4.98 Å². The molecule has 0 radical (unpaired) electrons. The maximum Gasteiger partial charge on any atom is 0.354 e. The van der Waals surface area contributed by atoms with Crippen molar-refractivity contribution in [2.45, 2.75) is 0 Å². The number of hydrogen-bond donors (Lipinski definition) is 0. The second kappa shape index (κ2) is 7.77. The van der Waals surface area contributed by atoms with Crippen molar-refractivity contribution in [1.82, 2.24) is 9.55 Å². The van der Waals surface area contributed by atoms with Gasteiger partial charge in [-0.15, -0.1) is 0 Å². The molecule has 3 aromatic rings. The third kappa shape index (κ3) is 3.84. The summed E-state index contributed by atoms with van der Waals surface area (Å²) >= 11 is 0. The lowest BCUT2D eigenvalue weighted by atomic mass is 10.2. The summed E-state index contributed by atoms with van der Waals surface area (Å²) in [6.07, 6.45) is 2.07. The average Bonchev–Trinajstić information content (AvgIpc) is 2.68. The Morgan fingerprint density at radius 1 is 1.04 bits per heavy atom. The van der Waals surface area contributed by atoms with Gasteiger partial charge in [-0.25, -0.2) is 18.6 Å². The normalized spacial score (nSPS) is 11.0. The molecule has 0 saturated heterocycles. The van der Waals surface area contributed by atoms with Crippen molar-refractivity contribution in [2.24, 2.45) is 4.99 Å². The van der Waals surface area contributed by atoms with Gasteiger partial charge in [-0.1, -0.05) is 18.2 Å². The predicted molar refractivity (Wildman–Crippen MR) is 96.6 cm³/mol. The molecule has 138 valence electrons. The van der Waals surface area contributed by atoms with Crippen LogP contribution in [0.5, 0.6) is 11.5 Å². The first-order valence-electron chi connectivity index (χ1n) is 7.83. The minimum atomic E-state index is -0.836. The van der Waals surface area contributed by atoms with Gasteiger partial charge in [0.2, 0.25) is 0 Å². The Labute approximate surface area is 153 Å². The molecular weight excluding hydrogens is 356 g/mol. The molecule has 6 nitrogen and oxygen atoms in total. The van der Waals surface area contributed by atoms with Crippen LogP contribution in [-0.2, 0) is 0 Å². The van der Waals surface area contributed by atoms with Gasteiger partial charge >= 0.3 is 5.69 Å². The Morgan fingerprint density at radius 2 is 1.78 bits per heavy atom. The highest BCUT2D eigenvalue weighted by molar-refractivity contribution is 5.81. The van der Waals surface area contributed by atoms with E-state index >= 15 is 0 Å². The zero-order chi connectivity index (χ0) is 19.4. The number of halogens is 2. The molecular formula is C19H15F2N3O3. The first kappa shape index (κ1) is 18.2. The van der Waals surface area contributed by atoms with Crippen LogP contribution in [0.4, 0.5) is 14.6 Å². The Kier molecular flexibility index (Phi) is 5.25. The first-order valence-corrected chi connectivity index (χ1v) is 7.83. The van der Waals surface area contributed by atoms with Crippen molar-refractivity contribution in [2.75, 3.05) is 14.2 Å². The summed E-state index contributed by atoms with van der Waals surface area (Å²) in [6, 6.07) is 10.5. The van der Waals surface area contributed by atoms with Crippen molar-refractivity contribution >= 4 is 12.0 Å². The van der Waals surface area contributed by atoms with E-state index in [0.29, 0.717) is 17.2 Å². The lowest BCUT2D eigenvalue weighted by molar-refractivity contribution is 0.355. The lowest BCUT2D eigenvalue weighted by Crippen LogP contribution is -2.21. The van der Waals surface area contributed by atoms with Crippen LogP contribution < -0.4 is 15.2 Å². The molecule has 2 aromatic carbocycles. The first-order chi connectivity index (χ1) is 13.0. The molecule has 0 bridgehead atoms. The molecule has 0 fully saturated rings. The van der Waals surface area contributed by atoms with E-state index in [2.05, 4.69) is 9.98 Å². The third-order valence-electron chi connectivity index (χ3n) is 3.74. The van der Waals surface area contributed by atoms with Gasteiger partial charge in [0.25, 0.3) is 0 Å². The number of aromatic nitrogens is 2. The summed E-state index contributed by atoms with van der Waals surface area (Å²) in [5.41, 5.74) is -0.249. The fourth-order valence-electron chi connectivity index (χ4n) is 2.38. The zero-order valence-corrected chi connectivity index (χ0v) is 14.5. The van der Waals surface area contributed by atoms with Crippen molar-refractivity contribution in [3.8, 4) is 17.2 Å². The summed E-state index contributed by atoms with van der Waals surface area (Å²) in [5.74, 6) is -0.935. The van der Waals surface area contributed by atoms with Crippen LogP contribution in [0.25, 0.3) is 5.69 Å². The van der Waals surface area contributed by atoms with E-state index < -0.39 is 23.1 Å². The Morgan fingerprint density at radius 3 is 2.48 bits per heavy atom. The van der Waals surface area contributed by atoms with Gasteiger partial charge in [-0.3, -0.25) is 4.57 Å². The van der Waals surface area contributed by atoms with E-state index in [0.717, 1.165) is 17.0 Å². The van der Waals surface area contributed by atoms with Gasteiger partial charge < -0.3 is 9.47 Å². The molecule has 8 heteroatoms. The van der Waals surface area contributed by atoms with Crippen molar-refractivity contribution in [1.29, 1.82) is 0 Å². The molecule has 0 amide bonds. The smallest absolute Gasteiger partial charge is 0.354 e. The van der Waals surface area contributed by atoms with Crippen LogP contribution in [0, 0.1) is 11.6 Å². The molecule has 0 aliphatic heterocycles. The minimum absolute atomic E-state index is 0.155. The van der Waals surface area contributed by atoms with E-state index in [1.807, 2.05) is 0 Å². The number of methoxy groups -OCH3 is 2. The molecule has 0 spiro atoms. The Bertz CT molecular complexity index is 1060. The van der Waals surface area contributed by atoms with Crippen LogP contribution in [0.3, 0.4) is 0 Å². The maximum absolute atomic E-state index is 14.4. The average molecular weight is 371 g/mol. The number of aliphatic imine (C=N–C) groups is 1. The third-order valence-corrected chi connectivity index (χ3v) is 3.74. The molecule has 0 saturated carbocycles. The second-order valence-electron chi connectivity index (χ2n) is 5.38. The fourth-order valence-corrected chi connectivity index (χ4v) is 2.38. The largest absolute Gasteiger partial charge is 0.493 e. The SMILES string of the molecule is COc1ccc(-n2cc(F)c(N=Cc3ccccc3F)nc2=O)cc1OC. The molecule has 0 aliphatic rings. The predicted octanol–water partition coefficient (Wildman–Crippen LogP) is 3.28. The van der Waals surface area contributed by atoms with Crippen LogP contribution in [0.2, 0.25) is 0 Å². The second-order valence-corrected chi connectivity index (χ2v) is 5.38. The molecule has 0 atom stereocenters. The van der Waals surface area contributed by atoms with Gasteiger partial charge in [0.1, 0.15) is 5.82 Å². The van der Waals surface area contributed by atoms with Crippen molar-refractivity contribution in [3.63, 3.8) is 0 Å². The van der Waals surface area contributed by atoms with Crippen LogP contribution in [0.15, 0.2) is 58.4 Å². The van der Waals surface area contributed by atoms with Crippen LogP contribution >= 0.6 is 0 Å². The monoisotopic (exact) mass is 371 g/mol. The summed E-state index contributed by atoms with van der Waals surface area (Å²) in [6.45, 7) is 0. The van der Waals surface area contributed by atoms with Crippen molar-refractivity contribution < 1.29 is 18.3 Å². The molecule has 1 heterocycles. The highest BCUT2D eigenvalue weighted by atomic mass is 19.1. The molecule has 3 rings (SSSR count). The minimum Gasteiger partial charge on any atom is -0.493 e. The zero-order valence-electron chi connectivity index (χ0n) is 14.5. The highest BCUT2D eigenvalue weighted by Crippen LogP contribution is 2.28.